The number of H-pyrrole nitrogens is 1. The van der Waals surface area contributed by atoms with Crippen LogP contribution in [0.1, 0.15) is 43.0 Å². The van der Waals surface area contributed by atoms with E-state index in [1.54, 1.807) is 23.9 Å². The van der Waals surface area contributed by atoms with Gasteiger partial charge in [-0.1, -0.05) is 26.0 Å². The molecule has 1 aromatic carbocycles. The predicted molar refractivity (Wildman–Crippen MR) is 132 cm³/mol. The molecular weight excluding hydrogens is 507 g/mol. The van der Waals surface area contributed by atoms with E-state index in [-0.39, 0.29) is 58.9 Å². The maximum absolute atomic E-state index is 13.8. The molecule has 2 aliphatic carbocycles. The molecule has 6 rings (SSSR count). The summed E-state index contributed by atoms with van der Waals surface area (Å²) in [5, 5.41) is 11.0. The quantitative estimate of drug-likeness (QED) is 0.420. The molecule has 2 amide bonds. The van der Waals surface area contributed by atoms with E-state index in [4.69, 9.17) is 12.2 Å². The van der Waals surface area contributed by atoms with Gasteiger partial charge < -0.3 is 10.1 Å². The maximum atomic E-state index is 13.8. The Morgan fingerprint density at radius 1 is 1.20 bits per heavy atom. The molecule has 8 atom stereocenters. The summed E-state index contributed by atoms with van der Waals surface area (Å²) in [7, 11) is 0. The zero-order valence-corrected chi connectivity index (χ0v) is 21.6. The molecular formula is C25H25FN2O4S3. The highest BCUT2D eigenvalue weighted by atomic mass is 32.2. The number of imide groups is 1. The summed E-state index contributed by atoms with van der Waals surface area (Å²) in [6.45, 7) is 3.79. The summed E-state index contributed by atoms with van der Waals surface area (Å²) in [4.78, 5) is 44.9. The number of nitrogens with zero attached hydrogens (tertiary/aromatic N) is 1. The van der Waals surface area contributed by atoms with E-state index in [0.717, 1.165) is 26.8 Å². The fourth-order valence-electron chi connectivity index (χ4n) is 7.15. The molecule has 10 heteroatoms. The number of carbonyl (C=O) groups excluding carboxylic acids is 2. The number of carboxylic acids is 1. The molecule has 184 valence electrons. The van der Waals surface area contributed by atoms with Crippen LogP contribution in [0, 0.1) is 45.3 Å². The number of carbonyl (C=O) groups is 3. The third kappa shape index (κ3) is 3.39. The van der Waals surface area contributed by atoms with Crippen LogP contribution in [0.15, 0.2) is 29.3 Å². The molecule has 2 saturated carbocycles. The molecule has 0 spiro atoms. The van der Waals surface area contributed by atoms with Gasteiger partial charge >= 0.3 is 5.97 Å². The minimum atomic E-state index is -1.13. The van der Waals surface area contributed by atoms with Crippen molar-refractivity contribution in [1.29, 1.82) is 0 Å². The normalized spacial score (nSPS) is 33.7. The molecule has 8 unspecified atom stereocenters. The first-order chi connectivity index (χ1) is 16.7. The monoisotopic (exact) mass is 532 g/mol. The highest BCUT2D eigenvalue weighted by Crippen LogP contribution is 2.68. The van der Waals surface area contributed by atoms with E-state index in [1.165, 1.54) is 23.5 Å². The molecule has 3 heterocycles. The van der Waals surface area contributed by atoms with Crippen molar-refractivity contribution in [3.63, 3.8) is 0 Å². The van der Waals surface area contributed by atoms with Gasteiger partial charge in [0.15, 0.2) is 3.95 Å². The minimum Gasteiger partial charge on any atom is -0.480 e. The number of nitrogens with one attached hydrogen (secondary N) is 1. The number of aromatic nitrogens is 1. The second-order valence-electron chi connectivity index (χ2n) is 10.5. The number of aliphatic carboxylic acids is 1. The topological polar surface area (TPSA) is 90.5 Å². The van der Waals surface area contributed by atoms with Crippen LogP contribution in [0.5, 0.6) is 0 Å². The maximum Gasteiger partial charge on any atom is 0.326 e. The van der Waals surface area contributed by atoms with Crippen LogP contribution in [-0.2, 0) is 14.4 Å². The average Bonchev–Trinajstić information content (AvgIpc) is 3.52. The summed E-state index contributed by atoms with van der Waals surface area (Å²) in [6.07, 6.45) is 1.02. The standard InChI is InChI=1S/C25H25FN2O4S3/c1-9(2)7-14(24(31)32)28-22(29)17-12-8-13(18(17)23(28)30)19-16(12)15(10-3-5-11(26)6-4-10)20-21(34-19)27-25(33)35-20/h3-6,9,12-19H,7-8H2,1-2H3,(H,27,33)(H,31,32). The number of rotatable bonds is 5. The lowest BCUT2D eigenvalue weighted by molar-refractivity contribution is -0.156. The lowest BCUT2D eigenvalue weighted by atomic mass is 9.68. The van der Waals surface area contributed by atoms with Crippen molar-refractivity contribution in [2.45, 2.75) is 48.9 Å². The van der Waals surface area contributed by atoms with Crippen molar-refractivity contribution < 1.29 is 23.9 Å². The Kier molecular flexibility index (Phi) is 5.50. The van der Waals surface area contributed by atoms with Crippen LogP contribution in [0.2, 0.25) is 0 Å². The summed E-state index contributed by atoms with van der Waals surface area (Å²) >= 11 is 8.68. The molecule has 6 nitrogen and oxygen atoms in total. The van der Waals surface area contributed by atoms with Gasteiger partial charge in [-0.15, -0.1) is 23.1 Å². The van der Waals surface area contributed by atoms with Gasteiger partial charge in [0.05, 0.1) is 16.9 Å². The van der Waals surface area contributed by atoms with Gasteiger partial charge in [0.25, 0.3) is 0 Å². The zero-order valence-electron chi connectivity index (χ0n) is 19.1. The molecule has 2 aromatic rings. The van der Waals surface area contributed by atoms with Gasteiger partial charge in [0.1, 0.15) is 11.9 Å². The number of aromatic amines is 1. The zero-order chi connectivity index (χ0) is 24.8. The number of thioether (sulfide) groups is 1. The van der Waals surface area contributed by atoms with E-state index in [1.807, 2.05) is 13.8 Å². The molecule has 2 bridgehead atoms. The van der Waals surface area contributed by atoms with E-state index < -0.39 is 23.8 Å². The highest BCUT2D eigenvalue weighted by molar-refractivity contribution is 8.00. The number of likely N-dealkylation sites (tertiary alicyclic amines) is 1. The van der Waals surface area contributed by atoms with Crippen molar-refractivity contribution in [3.05, 3.63) is 44.5 Å². The summed E-state index contributed by atoms with van der Waals surface area (Å²) < 4.78 is 14.4. The SMILES string of the molecule is CC(C)CC(C(=O)O)N1C(=O)C2C3CC(C2C1=O)C1C(c2ccc(F)cc2)c2sc(=S)[nH]c2SC31. The predicted octanol–water partition coefficient (Wildman–Crippen LogP) is 4.92. The number of hydrogen-bond donors (Lipinski definition) is 2. The third-order valence-electron chi connectivity index (χ3n) is 8.28. The Balaban J connectivity index is 1.42. The molecule has 4 aliphatic rings. The van der Waals surface area contributed by atoms with E-state index in [0.29, 0.717) is 3.95 Å². The Bertz CT molecular complexity index is 1290. The van der Waals surface area contributed by atoms with Gasteiger partial charge in [-0.3, -0.25) is 14.5 Å². The third-order valence-corrected chi connectivity index (χ3v) is 11.2. The lowest BCUT2D eigenvalue weighted by Crippen LogP contribution is -2.47. The van der Waals surface area contributed by atoms with Crippen molar-refractivity contribution in [3.8, 4) is 0 Å². The van der Waals surface area contributed by atoms with E-state index in [9.17, 15) is 23.9 Å². The van der Waals surface area contributed by atoms with Crippen molar-refractivity contribution in [2.75, 3.05) is 0 Å². The Hall–Kier alpha value is -2.04. The number of amides is 2. The smallest absolute Gasteiger partial charge is 0.326 e. The molecule has 3 fully saturated rings. The van der Waals surface area contributed by atoms with Crippen molar-refractivity contribution >= 4 is 53.1 Å². The number of hydrogen-bond acceptors (Lipinski definition) is 6. The summed E-state index contributed by atoms with van der Waals surface area (Å²) in [6, 6.07) is 5.41. The Labute approximate surface area is 215 Å². The largest absolute Gasteiger partial charge is 0.480 e. The van der Waals surface area contributed by atoms with Crippen LogP contribution < -0.4 is 0 Å². The van der Waals surface area contributed by atoms with Gasteiger partial charge in [0, 0.05) is 16.0 Å². The summed E-state index contributed by atoms with van der Waals surface area (Å²) in [5.74, 6) is -2.98. The van der Waals surface area contributed by atoms with Crippen molar-refractivity contribution in [1.82, 2.24) is 9.88 Å². The van der Waals surface area contributed by atoms with Crippen LogP contribution in [0.4, 0.5) is 4.39 Å². The first kappa shape index (κ1) is 23.4. The second kappa shape index (κ2) is 8.24. The van der Waals surface area contributed by atoms with Crippen LogP contribution >= 0.6 is 35.3 Å². The fraction of sp³-hybridized carbons (Fsp3) is 0.520. The molecule has 2 aliphatic heterocycles. The second-order valence-corrected chi connectivity index (χ2v) is 13.4. The average molecular weight is 533 g/mol. The first-order valence-electron chi connectivity index (χ1n) is 11.9. The van der Waals surface area contributed by atoms with Crippen LogP contribution in [0.25, 0.3) is 0 Å². The fourth-order valence-corrected chi connectivity index (χ4v) is 10.5. The minimum absolute atomic E-state index is 0.00656. The molecule has 1 saturated heterocycles. The van der Waals surface area contributed by atoms with Gasteiger partial charge in [-0.05, 0) is 66.4 Å². The number of halogens is 1. The number of thiazole rings is 1. The molecule has 0 radical (unpaired) electrons. The number of fused-ring (bicyclic) bond motifs is 9. The first-order valence-corrected chi connectivity index (χ1v) is 14.0. The van der Waals surface area contributed by atoms with Crippen molar-refractivity contribution in [2.24, 2.45) is 35.5 Å². The summed E-state index contributed by atoms with van der Waals surface area (Å²) in [5.41, 5.74) is 0.981. The Morgan fingerprint density at radius 2 is 1.86 bits per heavy atom. The van der Waals surface area contributed by atoms with E-state index in [2.05, 4.69) is 4.98 Å². The van der Waals surface area contributed by atoms with Crippen LogP contribution in [0.3, 0.4) is 0 Å². The Morgan fingerprint density at radius 3 is 2.49 bits per heavy atom. The van der Waals surface area contributed by atoms with Gasteiger partial charge in [-0.2, -0.15) is 0 Å². The molecule has 35 heavy (non-hydrogen) atoms. The highest BCUT2D eigenvalue weighted by Gasteiger charge is 2.70. The number of carboxylic acid groups (broad SMARTS) is 1. The number of benzene rings is 1. The molecule has 1 aromatic heterocycles. The lowest BCUT2D eigenvalue weighted by Gasteiger charge is -2.43. The molecule has 2 N–H and O–H groups in total. The van der Waals surface area contributed by atoms with Gasteiger partial charge in [0.2, 0.25) is 11.8 Å². The van der Waals surface area contributed by atoms with Gasteiger partial charge in [-0.25, -0.2) is 9.18 Å². The van der Waals surface area contributed by atoms with Crippen LogP contribution in [-0.4, -0.2) is 44.1 Å². The van der Waals surface area contributed by atoms with E-state index >= 15 is 0 Å².